The fraction of sp³-hybridized carbons (Fsp3) is 0.250. The lowest BCUT2D eigenvalue weighted by Gasteiger charge is -2.15. The maximum Gasteiger partial charge on any atom is 0.321 e. The summed E-state index contributed by atoms with van der Waals surface area (Å²) in [4.78, 5) is 24.2. The Bertz CT molecular complexity index is 1070. The Morgan fingerprint density at radius 1 is 1.17 bits per heavy atom. The molecule has 1 atom stereocenters. The Labute approximate surface area is 169 Å². The maximum atomic E-state index is 12.4. The number of rotatable bonds is 7. The summed E-state index contributed by atoms with van der Waals surface area (Å²) in [6.45, 7) is 4.14. The summed E-state index contributed by atoms with van der Waals surface area (Å²) >= 11 is 0. The molecule has 1 amide bonds. The summed E-state index contributed by atoms with van der Waals surface area (Å²) in [5.41, 5.74) is 1.86. The van der Waals surface area contributed by atoms with E-state index in [1.807, 2.05) is 6.07 Å². The number of benzene rings is 2. The first-order valence-corrected chi connectivity index (χ1v) is 10.2. The summed E-state index contributed by atoms with van der Waals surface area (Å²) in [5.74, 6) is -1.55. The van der Waals surface area contributed by atoms with Crippen LogP contribution >= 0.6 is 0 Å². The van der Waals surface area contributed by atoms with Crippen molar-refractivity contribution in [2.24, 2.45) is 0 Å². The van der Waals surface area contributed by atoms with Gasteiger partial charge in [-0.25, -0.2) is 8.42 Å². The zero-order chi connectivity index (χ0) is 21.6. The molecule has 0 heterocycles. The number of carbonyl (C=O) groups excluding carboxylic acids is 2. The predicted octanol–water partition coefficient (Wildman–Crippen LogP) is 2.02. The number of nitrogens with one attached hydrogen (secondary N) is 2. The normalized spacial score (nSPS) is 11.9. The Morgan fingerprint density at radius 2 is 1.86 bits per heavy atom. The average molecular weight is 415 g/mol. The van der Waals surface area contributed by atoms with Crippen LogP contribution in [0.5, 0.6) is 0 Å². The van der Waals surface area contributed by atoms with Crippen molar-refractivity contribution < 1.29 is 22.7 Å². The summed E-state index contributed by atoms with van der Waals surface area (Å²) in [5, 5.41) is 11.5. The highest BCUT2D eigenvalue weighted by Gasteiger charge is 2.22. The van der Waals surface area contributed by atoms with E-state index in [-0.39, 0.29) is 10.5 Å². The van der Waals surface area contributed by atoms with E-state index in [9.17, 15) is 18.0 Å². The molecule has 0 saturated carbocycles. The molecule has 8 nitrogen and oxygen atoms in total. The number of sulfonamides is 1. The molecule has 0 aliphatic carbocycles. The fourth-order valence-electron chi connectivity index (χ4n) is 2.44. The standard InChI is InChI=1S/C20H21N3O5S/c1-13-8-9-14(2)18(10-13)29(26,27)22-12-19(24)28-15(3)20(25)23-17-7-5-4-6-16(17)11-21/h4-10,15,22H,12H2,1-3H3,(H,23,25)/t15-/m0/s1. The molecular weight excluding hydrogens is 394 g/mol. The lowest BCUT2D eigenvalue weighted by molar-refractivity contribution is -0.151. The van der Waals surface area contributed by atoms with Crippen molar-refractivity contribution >= 4 is 27.6 Å². The van der Waals surface area contributed by atoms with Crippen LogP contribution in [0.2, 0.25) is 0 Å². The Balaban J connectivity index is 1.95. The smallest absolute Gasteiger partial charge is 0.321 e. The number of amides is 1. The zero-order valence-corrected chi connectivity index (χ0v) is 17.0. The Hall–Kier alpha value is -3.22. The number of aryl methyl sites for hydroxylation is 2. The van der Waals surface area contributed by atoms with E-state index in [2.05, 4.69) is 10.0 Å². The van der Waals surface area contributed by atoms with E-state index in [4.69, 9.17) is 10.00 Å². The van der Waals surface area contributed by atoms with E-state index in [0.29, 0.717) is 11.3 Å². The van der Waals surface area contributed by atoms with E-state index < -0.39 is 34.5 Å². The first kappa shape index (κ1) is 22.1. The van der Waals surface area contributed by atoms with Crippen LogP contribution in [0.1, 0.15) is 23.6 Å². The number of esters is 1. The highest BCUT2D eigenvalue weighted by molar-refractivity contribution is 7.89. The number of para-hydroxylation sites is 1. The molecule has 0 spiro atoms. The van der Waals surface area contributed by atoms with Gasteiger partial charge < -0.3 is 10.1 Å². The molecule has 0 bridgehead atoms. The third-order valence-electron chi connectivity index (χ3n) is 4.02. The van der Waals surface area contributed by atoms with Gasteiger partial charge in [-0.3, -0.25) is 9.59 Å². The van der Waals surface area contributed by atoms with Crippen LogP contribution in [0.25, 0.3) is 0 Å². The van der Waals surface area contributed by atoms with Gasteiger partial charge in [0.05, 0.1) is 16.1 Å². The van der Waals surface area contributed by atoms with Crippen molar-refractivity contribution in [2.75, 3.05) is 11.9 Å². The van der Waals surface area contributed by atoms with Crippen LogP contribution < -0.4 is 10.0 Å². The predicted molar refractivity (Wildman–Crippen MR) is 106 cm³/mol. The van der Waals surface area contributed by atoms with Gasteiger partial charge in [-0.1, -0.05) is 24.3 Å². The Morgan fingerprint density at radius 3 is 2.55 bits per heavy atom. The molecule has 29 heavy (non-hydrogen) atoms. The van der Waals surface area contributed by atoms with Crippen molar-refractivity contribution in [2.45, 2.75) is 31.8 Å². The zero-order valence-electron chi connectivity index (χ0n) is 16.2. The van der Waals surface area contributed by atoms with Gasteiger partial charge in [-0.15, -0.1) is 0 Å². The molecule has 2 N–H and O–H groups in total. The Kier molecular flexibility index (Phi) is 7.09. The number of hydrogen-bond donors (Lipinski definition) is 2. The van der Waals surface area contributed by atoms with Crippen LogP contribution in [0.3, 0.4) is 0 Å². The second kappa shape index (κ2) is 9.32. The van der Waals surface area contributed by atoms with Crippen molar-refractivity contribution in [3.8, 4) is 6.07 Å². The summed E-state index contributed by atoms with van der Waals surface area (Å²) in [6.07, 6.45) is -1.18. The van der Waals surface area contributed by atoms with Crippen LogP contribution in [-0.2, 0) is 24.3 Å². The molecule has 2 aromatic rings. The molecule has 0 radical (unpaired) electrons. The minimum absolute atomic E-state index is 0.0733. The monoisotopic (exact) mass is 415 g/mol. The number of nitrogens with zero attached hydrogens (tertiary/aromatic N) is 1. The SMILES string of the molecule is Cc1ccc(C)c(S(=O)(=O)NCC(=O)O[C@@H](C)C(=O)Nc2ccccc2C#N)c1. The molecular formula is C20H21N3O5S. The summed E-state index contributed by atoms with van der Waals surface area (Å²) in [7, 11) is -3.91. The van der Waals surface area contributed by atoms with Crippen molar-refractivity contribution in [1.82, 2.24) is 4.72 Å². The molecule has 0 fully saturated rings. The third kappa shape index (κ3) is 5.88. The van der Waals surface area contributed by atoms with E-state index in [1.165, 1.54) is 19.1 Å². The molecule has 0 unspecified atom stereocenters. The van der Waals surface area contributed by atoms with Crippen molar-refractivity contribution in [3.63, 3.8) is 0 Å². The third-order valence-corrected chi connectivity index (χ3v) is 5.57. The molecule has 0 aliphatic rings. The molecule has 152 valence electrons. The number of ether oxygens (including phenoxy) is 1. The highest BCUT2D eigenvalue weighted by atomic mass is 32.2. The van der Waals surface area contributed by atoms with E-state index >= 15 is 0 Å². The molecule has 9 heteroatoms. The van der Waals surface area contributed by atoms with Crippen LogP contribution in [0.4, 0.5) is 5.69 Å². The van der Waals surface area contributed by atoms with Crippen LogP contribution in [-0.4, -0.2) is 32.9 Å². The van der Waals surface area contributed by atoms with Gasteiger partial charge in [0.1, 0.15) is 12.6 Å². The minimum Gasteiger partial charge on any atom is -0.452 e. The topological polar surface area (TPSA) is 125 Å². The molecule has 0 aromatic heterocycles. The number of carbonyl (C=O) groups is 2. The van der Waals surface area contributed by atoms with Gasteiger partial charge in [-0.05, 0) is 50.1 Å². The quantitative estimate of drug-likeness (QED) is 0.667. The average Bonchev–Trinajstić information content (AvgIpc) is 2.68. The molecule has 2 rings (SSSR count). The van der Waals surface area contributed by atoms with Gasteiger partial charge in [-0.2, -0.15) is 9.98 Å². The highest BCUT2D eigenvalue weighted by Crippen LogP contribution is 2.17. The number of hydrogen-bond acceptors (Lipinski definition) is 6. The van der Waals surface area contributed by atoms with Gasteiger partial charge in [0, 0.05) is 0 Å². The van der Waals surface area contributed by atoms with Crippen molar-refractivity contribution in [1.29, 1.82) is 5.26 Å². The van der Waals surface area contributed by atoms with Gasteiger partial charge in [0.2, 0.25) is 10.0 Å². The molecule has 2 aromatic carbocycles. The first-order chi connectivity index (χ1) is 13.6. The first-order valence-electron chi connectivity index (χ1n) is 8.70. The van der Waals surface area contributed by atoms with Gasteiger partial charge in [0.25, 0.3) is 5.91 Å². The van der Waals surface area contributed by atoms with Crippen LogP contribution in [0.15, 0.2) is 47.4 Å². The van der Waals surface area contributed by atoms with E-state index in [0.717, 1.165) is 5.56 Å². The summed E-state index contributed by atoms with van der Waals surface area (Å²) < 4.78 is 32.0. The number of anilines is 1. The van der Waals surface area contributed by atoms with Gasteiger partial charge in [0.15, 0.2) is 6.10 Å². The lowest BCUT2D eigenvalue weighted by atomic mass is 10.2. The fourth-order valence-corrected chi connectivity index (χ4v) is 3.74. The van der Waals surface area contributed by atoms with Crippen LogP contribution in [0, 0.1) is 25.2 Å². The lowest BCUT2D eigenvalue weighted by Crippen LogP contribution is -2.36. The second-order valence-electron chi connectivity index (χ2n) is 6.37. The maximum absolute atomic E-state index is 12.4. The van der Waals surface area contributed by atoms with E-state index in [1.54, 1.807) is 44.2 Å². The number of nitriles is 1. The molecule has 0 aliphatic heterocycles. The van der Waals surface area contributed by atoms with Gasteiger partial charge >= 0.3 is 5.97 Å². The summed E-state index contributed by atoms with van der Waals surface area (Å²) in [6, 6.07) is 13.3. The second-order valence-corrected chi connectivity index (χ2v) is 8.11. The minimum atomic E-state index is -3.91. The molecule has 0 saturated heterocycles. The van der Waals surface area contributed by atoms with Crippen molar-refractivity contribution in [3.05, 3.63) is 59.2 Å². The largest absolute Gasteiger partial charge is 0.452 e.